The number of fused-ring (bicyclic) bond motifs is 9. The second-order valence-corrected chi connectivity index (χ2v) is 10.2. The van der Waals surface area contributed by atoms with Crippen molar-refractivity contribution in [3.05, 3.63) is 0 Å². The fraction of sp³-hybridized carbons (Fsp3) is 0.952. The van der Waals surface area contributed by atoms with E-state index < -0.39 is 0 Å². The van der Waals surface area contributed by atoms with E-state index in [-0.39, 0.29) is 11.6 Å². The highest BCUT2D eigenvalue weighted by Gasteiger charge is 2.79. The second kappa shape index (κ2) is 3.99. The SMILES string of the molecule is CCC1CC2CC2C2C1CCC1(C)C2C2CC2C12CCC(=O)O2. The van der Waals surface area contributed by atoms with Gasteiger partial charge < -0.3 is 4.74 Å². The molecule has 6 fully saturated rings. The molecule has 2 heteroatoms. The summed E-state index contributed by atoms with van der Waals surface area (Å²) in [6.07, 6.45) is 10.3. The lowest BCUT2D eigenvalue weighted by molar-refractivity contribution is -0.175. The number of hydrogen-bond donors (Lipinski definition) is 0. The molecule has 1 heterocycles. The molecule has 0 radical (unpaired) electrons. The molecule has 5 aliphatic carbocycles. The topological polar surface area (TPSA) is 26.3 Å². The van der Waals surface area contributed by atoms with Gasteiger partial charge in [0.2, 0.25) is 0 Å². The summed E-state index contributed by atoms with van der Waals surface area (Å²) in [7, 11) is 0. The molecule has 0 N–H and O–H groups in total. The summed E-state index contributed by atoms with van der Waals surface area (Å²) in [6.45, 7) is 4.96. The first-order valence-electron chi connectivity index (χ1n) is 10.3. The van der Waals surface area contributed by atoms with Gasteiger partial charge in [-0.25, -0.2) is 0 Å². The van der Waals surface area contributed by atoms with E-state index in [4.69, 9.17) is 4.74 Å². The van der Waals surface area contributed by atoms with Crippen molar-refractivity contribution >= 4 is 5.97 Å². The summed E-state index contributed by atoms with van der Waals surface area (Å²) < 4.78 is 6.18. The molecular weight excluding hydrogens is 284 g/mol. The Labute approximate surface area is 139 Å². The Kier molecular flexibility index (Phi) is 2.38. The third-order valence-corrected chi connectivity index (χ3v) is 9.71. The Morgan fingerprint density at radius 3 is 2.74 bits per heavy atom. The van der Waals surface area contributed by atoms with E-state index in [1.54, 1.807) is 0 Å². The van der Waals surface area contributed by atoms with Gasteiger partial charge in [0, 0.05) is 17.8 Å². The lowest BCUT2D eigenvalue weighted by atomic mass is 9.50. The fourth-order valence-electron chi connectivity index (χ4n) is 8.78. The Balaban J connectivity index is 1.42. The summed E-state index contributed by atoms with van der Waals surface area (Å²) in [6, 6.07) is 0. The highest BCUT2D eigenvalue weighted by molar-refractivity contribution is 5.73. The molecule has 5 saturated carbocycles. The summed E-state index contributed by atoms with van der Waals surface area (Å²) >= 11 is 0. The highest BCUT2D eigenvalue weighted by Crippen LogP contribution is 2.80. The van der Waals surface area contributed by atoms with Gasteiger partial charge in [-0.15, -0.1) is 0 Å². The maximum Gasteiger partial charge on any atom is 0.306 e. The van der Waals surface area contributed by atoms with Crippen LogP contribution in [-0.4, -0.2) is 11.6 Å². The van der Waals surface area contributed by atoms with Crippen molar-refractivity contribution in [3.8, 4) is 0 Å². The lowest BCUT2D eigenvalue weighted by Gasteiger charge is -2.56. The Hall–Kier alpha value is -0.530. The monoisotopic (exact) mass is 314 g/mol. The van der Waals surface area contributed by atoms with Crippen LogP contribution in [-0.2, 0) is 9.53 Å². The second-order valence-electron chi connectivity index (χ2n) is 10.2. The van der Waals surface area contributed by atoms with Gasteiger partial charge in [-0.2, -0.15) is 0 Å². The van der Waals surface area contributed by atoms with E-state index in [1.165, 1.54) is 38.5 Å². The van der Waals surface area contributed by atoms with Crippen LogP contribution in [0.5, 0.6) is 0 Å². The first-order valence-corrected chi connectivity index (χ1v) is 10.3. The molecule has 0 bridgehead atoms. The van der Waals surface area contributed by atoms with Gasteiger partial charge in [0.1, 0.15) is 5.60 Å². The van der Waals surface area contributed by atoms with Crippen LogP contribution in [0.2, 0.25) is 0 Å². The fourth-order valence-corrected chi connectivity index (χ4v) is 8.78. The lowest BCUT2D eigenvalue weighted by Crippen LogP contribution is -2.55. The minimum Gasteiger partial charge on any atom is -0.458 e. The van der Waals surface area contributed by atoms with Crippen molar-refractivity contribution in [1.82, 2.24) is 0 Å². The Morgan fingerprint density at radius 2 is 2.00 bits per heavy atom. The van der Waals surface area contributed by atoms with Crippen molar-refractivity contribution in [2.75, 3.05) is 0 Å². The van der Waals surface area contributed by atoms with E-state index in [0.717, 1.165) is 53.8 Å². The van der Waals surface area contributed by atoms with Gasteiger partial charge in [0.05, 0.1) is 0 Å². The standard InChI is InChI=1S/C21H30O2/c1-3-11-8-12-9-14(12)18-13(11)4-6-20(2)19(18)15-10-16(15)21(20)7-5-17(22)23-21/h11-16,18-19H,3-10H2,1-2H3. The van der Waals surface area contributed by atoms with E-state index in [1.807, 2.05) is 0 Å². The van der Waals surface area contributed by atoms with Gasteiger partial charge in [0.15, 0.2) is 0 Å². The number of carbonyl (C=O) groups is 1. The van der Waals surface area contributed by atoms with Crippen LogP contribution in [0.25, 0.3) is 0 Å². The molecule has 1 saturated heterocycles. The maximum absolute atomic E-state index is 12.0. The van der Waals surface area contributed by atoms with Crippen molar-refractivity contribution in [2.24, 2.45) is 52.8 Å². The Morgan fingerprint density at radius 1 is 1.13 bits per heavy atom. The normalized spacial score (nSPS) is 64.7. The van der Waals surface area contributed by atoms with Crippen molar-refractivity contribution in [2.45, 2.75) is 70.8 Å². The molecule has 0 amide bonds. The van der Waals surface area contributed by atoms with Crippen LogP contribution in [0, 0.1) is 52.8 Å². The van der Waals surface area contributed by atoms with Gasteiger partial charge in [-0.1, -0.05) is 20.3 Å². The quantitative estimate of drug-likeness (QED) is 0.669. The average molecular weight is 314 g/mol. The van der Waals surface area contributed by atoms with Crippen LogP contribution >= 0.6 is 0 Å². The molecule has 1 spiro atoms. The van der Waals surface area contributed by atoms with Crippen LogP contribution in [0.4, 0.5) is 0 Å². The summed E-state index contributed by atoms with van der Waals surface area (Å²) in [5.74, 6) is 7.66. The molecule has 2 nitrogen and oxygen atoms in total. The largest absolute Gasteiger partial charge is 0.458 e. The minimum absolute atomic E-state index is 0.0477. The molecule has 10 unspecified atom stereocenters. The zero-order chi connectivity index (χ0) is 15.6. The molecule has 0 aromatic rings. The molecular formula is C21H30O2. The van der Waals surface area contributed by atoms with E-state index in [2.05, 4.69) is 13.8 Å². The van der Waals surface area contributed by atoms with Crippen molar-refractivity contribution in [3.63, 3.8) is 0 Å². The van der Waals surface area contributed by atoms with Gasteiger partial charge in [-0.3, -0.25) is 4.79 Å². The number of hydrogen-bond acceptors (Lipinski definition) is 2. The third kappa shape index (κ3) is 1.43. The molecule has 0 aromatic carbocycles. The molecule has 6 aliphatic rings. The third-order valence-electron chi connectivity index (χ3n) is 9.71. The first kappa shape index (κ1) is 13.7. The van der Waals surface area contributed by atoms with Gasteiger partial charge in [0.25, 0.3) is 0 Å². The number of ether oxygens (including phenoxy) is 1. The number of carbonyl (C=O) groups excluding carboxylic acids is 1. The minimum atomic E-state index is -0.0477. The molecule has 23 heavy (non-hydrogen) atoms. The average Bonchev–Trinajstić information content (AvgIpc) is 3.43. The highest BCUT2D eigenvalue weighted by atomic mass is 16.6. The smallest absolute Gasteiger partial charge is 0.306 e. The van der Waals surface area contributed by atoms with Crippen LogP contribution < -0.4 is 0 Å². The predicted molar refractivity (Wildman–Crippen MR) is 87.5 cm³/mol. The molecule has 1 aliphatic heterocycles. The summed E-state index contributed by atoms with van der Waals surface area (Å²) in [4.78, 5) is 12.0. The molecule has 0 aromatic heterocycles. The van der Waals surface area contributed by atoms with E-state index in [0.29, 0.717) is 11.8 Å². The van der Waals surface area contributed by atoms with Crippen LogP contribution in [0.1, 0.15) is 65.2 Å². The summed E-state index contributed by atoms with van der Waals surface area (Å²) in [5, 5.41) is 0. The van der Waals surface area contributed by atoms with E-state index in [9.17, 15) is 4.79 Å². The predicted octanol–water partition coefficient (Wildman–Crippen LogP) is 4.43. The molecule has 10 atom stereocenters. The van der Waals surface area contributed by atoms with Gasteiger partial charge >= 0.3 is 5.97 Å². The van der Waals surface area contributed by atoms with Crippen molar-refractivity contribution < 1.29 is 9.53 Å². The van der Waals surface area contributed by atoms with Gasteiger partial charge in [-0.05, 0) is 80.0 Å². The number of rotatable bonds is 1. The Bertz CT molecular complexity index is 584. The molecule has 126 valence electrons. The zero-order valence-electron chi connectivity index (χ0n) is 14.6. The maximum atomic E-state index is 12.0. The van der Waals surface area contributed by atoms with Crippen LogP contribution in [0.3, 0.4) is 0 Å². The first-order chi connectivity index (χ1) is 11.1. The zero-order valence-corrected chi connectivity index (χ0v) is 14.6. The van der Waals surface area contributed by atoms with Crippen LogP contribution in [0.15, 0.2) is 0 Å². The summed E-state index contributed by atoms with van der Waals surface area (Å²) in [5.41, 5.74) is 0.255. The van der Waals surface area contributed by atoms with E-state index >= 15 is 0 Å². The van der Waals surface area contributed by atoms with Crippen molar-refractivity contribution in [1.29, 1.82) is 0 Å². The molecule has 6 rings (SSSR count). The number of esters is 1.